The summed E-state index contributed by atoms with van der Waals surface area (Å²) < 4.78 is 5.50. The van der Waals surface area contributed by atoms with Crippen molar-refractivity contribution in [2.75, 3.05) is 11.9 Å². The molecule has 0 aliphatic heterocycles. The van der Waals surface area contributed by atoms with E-state index in [1.807, 2.05) is 0 Å². The number of aliphatic hydroxyl groups is 1. The minimum atomic E-state index is -0.459. The summed E-state index contributed by atoms with van der Waals surface area (Å²) in [7, 11) is 0. The molecule has 1 aromatic heterocycles. The number of non-ortho nitro benzene ring substituents is 1. The lowest BCUT2D eigenvalue weighted by atomic mass is 9.86. The average Bonchev–Trinajstić information content (AvgIpc) is 2.88. The number of hydrogen-bond acceptors (Lipinski definition) is 6. The molecule has 7 heteroatoms. The predicted octanol–water partition coefficient (Wildman–Crippen LogP) is 2.70. The van der Waals surface area contributed by atoms with E-state index in [2.05, 4.69) is 10.3 Å². The van der Waals surface area contributed by atoms with Gasteiger partial charge in [0.15, 0.2) is 5.58 Å². The molecule has 0 amide bonds. The number of aliphatic hydroxyl groups excluding tert-OH is 1. The van der Waals surface area contributed by atoms with Crippen molar-refractivity contribution in [1.29, 1.82) is 0 Å². The van der Waals surface area contributed by atoms with E-state index in [1.165, 1.54) is 12.1 Å². The molecule has 0 radical (unpaired) electrons. The van der Waals surface area contributed by atoms with Crippen molar-refractivity contribution in [1.82, 2.24) is 4.98 Å². The Kier molecular flexibility index (Phi) is 3.74. The largest absolute Gasteiger partial charge is 0.424 e. The molecule has 1 saturated carbocycles. The zero-order valence-corrected chi connectivity index (χ0v) is 11.5. The fraction of sp³-hybridized carbons (Fsp3) is 0.500. The maximum absolute atomic E-state index is 10.7. The first-order valence-corrected chi connectivity index (χ1v) is 7.10. The Hall–Kier alpha value is -2.15. The second-order valence-electron chi connectivity index (χ2n) is 5.42. The van der Waals surface area contributed by atoms with Crippen LogP contribution in [0.25, 0.3) is 11.1 Å². The highest BCUT2D eigenvalue weighted by Crippen LogP contribution is 2.26. The second kappa shape index (κ2) is 5.69. The first kappa shape index (κ1) is 13.8. The number of nitro groups is 1. The molecule has 1 aromatic carbocycles. The Bertz CT molecular complexity index is 655. The zero-order valence-electron chi connectivity index (χ0n) is 11.5. The van der Waals surface area contributed by atoms with Gasteiger partial charge in [-0.3, -0.25) is 10.1 Å². The topological polar surface area (TPSA) is 101 Å². The Morgan fingerprint density at radius 1 is 1.43 bits per heavy atom. The summed E-state index contributed by atoms with van der Waals surface area (Å²) in [5, 5.41) is 23.7. The second-order valence-corrected chi connectivity index (χ2v) is 5.42. The Morgan fingerprint density at radius 2 is 2.24 bits per heavy atom. The van der Waals surface area contributed by atoms with E-state index in [0.29, 0.717) is 23.7 Å². The molecule has 1 heterocycles. The zero-order chi connectivity index (χ0) is 14.8. The van der Waals surface area contributed by atoms with Gasteiger partial charge in [-0.05, 0) is 18.9 Å². The van der Waals surface area contributed by atoms with E-state index in [9.17, 15) is 15.2 Å². The number of oxazole rings is 1. The third-order valence-corrected chi connectivity index (χ3v) is 3.97. The number of benzene rings is 1. The third-order valence-electron chi connectivity index (χ3n) is 3.97. The molecule has 3 rings (SSSR count). The van der Waals surface area contributed by atoms with Crippen LogP contribution >= 0.6 is 0 Å². The summed E-state index contributed by atoms with van der Waals surface area (Å²) in [6, 6.07) is 4.66. The number of rotatable bonds is 4. The molecule has 21 heavy (non-hydrogen) atoms. The van der Waals surface area contributed by atoms with E-state index >= 15 is 0 Å². The maximum Gasteiger partial charge on any atom is 0.295 e. The van der Waals surface area contributed by atoms with Gasteiger partial charge in [-0.1, -0.05) is 12.8 Å². The molecule has 2 atom stereocenters. The number of nitrogens with one attached hydrogen (secondary N) is 1. The highest BCUT2D eigenvalue weighted by molar-refractivity contribution is 5.77. The Balaban J connectivity index is 1.71. The first-order chi connectivity index (χ1) is 10.1. The smallest absolute Gasteiger partial charge is 0.295 e. The Morgan fingerprint density at radius 3 is 3.00 bits per heavy atom. The van der Waals surface area contributed by atoms with Crippen LogP contribution in [0.2, 0.25) is 0 Å². The predicted molar refractivity (Wildman–Crippen MR) is 77.1 cm³/mol. The molecule has 7 nitrogen and oxygen atoms in total. The van der Waals surface area contributed by atoms with Gasteiger partial charge in [0.2, 0.25) is 0 Å². The van der Waals surface area contributed by atoms with Crippen molar-refractivity contribution in [2.24, 2.45) is 5.92 Å². The highest BCUT2D eigenvalue weighted by atomic mass is 16.6. The van der Waals surface area contributed by atoms with Crippen LogP contribution in [0.15, 0.2) is 22.6 Å². The van der Waals surface area contributed by atoms with Crippen molar-refractivity contribution in [3.8, 4) is 0 Å². The summed E-state index contributed by atoms with van der Waals surface area (Å²) >= 11 is 0. The fourth-order valence-corrected chi connectivity index (χ4v) is 2.75. The fourth-order valence-electron chi connectivity index (χ4n) is 2.75. The van der Waals surface area contributed by atoms with E-state index < -0.39 is 4.92 Å². The van der Waals surface area contributed by atoms with Crippen LogP contribution in [0.3, 0.4) is 0 Å². The summed E-state index contributed by atoms with van der Waals surface area (Å²) in [5.41, 5.74) is 0.952. The van der Waals surface area contributed by atoms with Crippen LogP contribution in [-0.4, -0.2) is 27.7 Å². The number of hydrogen-bond donors (Lipinski definition) is 2. The molecule has 2 N–H and O–H groups in total. The first-order valence-electron chi connectivity index (χ1n) is 7.10. The van der Waals surface area contributed by atoms with Gasteiger partial charge in [0.25, 0.3) is 11.7 Å². The van der Waals surface area contributed by atoms with Gasteiger partial charge in [0.05, 0.1) is 11.0 Å². The molecular weight excluding hydrogens is 274 g/mol. The van der Waals surface area contributed by atoms with Crippen molar-refractivity contribution < 1.29 is 14.4 Å². The lowest BCUT2D eigenvalue weighted by Crippen LogP contribution is -2.30. The highest BCUT2D eigenvalue weighted by Gasteiger charge is 2.23. The van der Waals surface area contributed by atoms with Crippen LogP contribution in [0.1, 0.15) is 25.7 Å². The standard InChI is InChI=1S/C14H17N3O4/c18-12-4-2-1-3-9(12)8-15-14-16-11-7-10(17(19)20)5-6-13(11)21-14/h5-7,9,12,18H,1-4,8H2,(H,15,16). The van der Waals surface area contributed by atoms with Gasteiger partial charge in [-0.15, -0.1) is 0 Å². The lowest BCUT2D eigenvalue weighted by Gasteiger charge is -2.27. The molecule has 1 aliphatic carbocycles. The molecule has 0 saturated heterocycles. The van der Waals surface area contributed by atoms with Gasteiger partial charge >= 0.3 is 0 Å². The average molecular weight is 291 g/mol. The summed E-state index contributed by atoms with van der Waals surface area (Å²) in [5.74, 6) is 0.197. The number of aromatic nitrogens is 1. The van der Waals surface area contributed by atoms with E-state index in [4.69, 9.17) is 4.42 Å². The normalized spacial score (nSPS) is 22.3. The third kappa shape index (κ3) is 2.97. The molecule has 1 aliphatic rings. The van der Waals surface area contributed by atoms with E-state index in [0.717, 1.165) is 25.7 Å². The van der Waals surface area contributed by atoms with E-state index in [-0.39, 0.29) is 17.7 Å². The molecule has 1 fully saturated rings. The molecule has 2 unspecified atom stereocenters. The Labute approximate surface area is 121 Å². The molecule has 0 bridgehead atoms. The number of nitrogens with zero attached hydrogens (tertiary/aromatic N) is 2. The van der Waals surface area contributed by atoms with Crippen molar-refractivity contribution >= 4 is 22.8 Å². The minimum Gasteiger partial charge on any atom is -0.424 e. The summed E-state index contributed by atoms with van der Waals surface area (Å²) in [6.45, 7) is 0.593. The summed E-state index contributed by atoms with van der Waals surface area (Å²) in [4.78, 5) is 14.5. The van der Waals surface area contributed by atoms with Crippen LogP contribution in [0.5, 0.6) is 0 Å². The van der Waals surface area contributed by atoms with Gasteiger partial charge < -0.3 is 14.8 Å². The molecular formula is C14H17N3O4. The lowest BCUT2D eigenvalue weighted by molar-refractivity contribution is -0.384. The number of nitro benzene ring substituents is 1. The minimum absolute atomic E-state index is 0.00921. The van der Waals surface area contributed by atoms with Crippen LogP contribution in [0.4, 0.5) is 11.7 Å². The summed E-state index contributed by atoms with van der Waals surface area (Å²) in [6.07, 6.45) is 3.75. The van der Waals surface area contributed by atoms with Crippen LogP contribution < -0.4 is 5.32 Å². The van der Waals surface area contributed by atoms with Crippen molar-refractivity contribution in [2.45, 2.75) is 31.8 Å². The van der Waals surface area contributed by atoms with Gasteiger partial charge in [0, 0.05) is 24.6 Å². The van der Waals surface area contributed by atoms with E-state index in [1.54, 1.807) is 6.07 Å². The quantitative estimate of drug-likeness (QED) is 0.663. The molecule has 2 aromatic rings. The van der Waals surface area contributed by atoms with Crippen LogP contribution in [0, 0.1) is 16.0 Å². The van der Waals surface area contributed by atoms with Gasteiger partial charge in [-0.25, -0.2) is 0 Å². The van der Waals surface area contributed by atoms with Crippen molar-refractivity contribution in [3.05, 3.63) is 28.3 Å². The molecule has 112 valence electrons. The molecule has 0 spiro atoms. The van der Waals surface area contributed by atoms with Crippen LogP contribution in [-0.2, 0) is 0 Å². The van der Waals surface area contributed by atoms with Crippen molar-refractivity contribution in [3.63, 3.8) is 0 Å². The number of fused-ring (bicyclic) bond motifs is 1. The maximum atomic E-state index is 10.7. The SMILES string of the molecule is O=[N+]([O-])c1ccc2oc(NCC3CCCCC3O)nc2c1. The monoisotopic (exact) mass is 291 g/mol. The van der Waals surface area contributed by atoms with Gasteiger partial charge in [0.1, 0.15) is 5.52 Å². The number of anilines is 1. The van der Waals surface area contributed by atoms with Gasteiger partial charge in [-0.2, -0.15) is 4.98 Å².